The summed E-state index contributed by atoms with van der Waals surface area (Å²) in [7, 11) is 0. The highest BCUT2D eigenvalue weighted by Gasteiger charge is 2.64. The van der Waals surface area contributed by atoms with Crippen LogP contribution in [0.15, 0.2) is 36.5 Å². The molecule has 1 aromatic carbocycles. The molecule has 2 bridgehead atoms. The van der Waals surface area contributed by atoms with Gasteiger partial charge in [0.25, 0.3) is 0 Å². The molecule has 6 rings (SSSR count). The van der Waals surface area contributed by atoms with E-state index in [0.717, 1.165) is 12.8 Å². The maximum absolute atomic E-state index is 13.1. The number of carbonyl (C=O) groups is 1. The molecule has 4 heteroatoms. The minimum Gasteiger partial charge on any atom is -0.352 e. The van der Waals surface area contributed by atoms with Crippen LogP contribution >= 0.6 is 0 Å². The number of fused-ring (bicyclic) bond motifs is 1. The van der Waals surface area contributed by atoms with E-state index in [1.165, 1.54) is 42.5 Å². The number of nitrogens with one attached hydrogen (secondary N) is 1. The van der Waals surface area contributed by atoms with Crippen LogP contribution in [0.3, 0.4) is 0 Å². The van der Waals surface area contributed by atoms with E-state index in [1.54, 1.807) is 0 Å². The first-order chi connectivity index (χ1) is 12.7. The highest BCUT2D eigenvalue weighted by molar-refractivity contribution is 5.82. The molecule has 0 radical (unpaired) electrons. The summed E-state index contributed by atoms with van der Waals surface area (Å²) >= 11 is 0. The van der Waals surface area contributed by atoms with E-state index in [0.29, 0.717) is 18.5 Å². The number of aromatic nitrogens is 2. The van der Waals surface area contributed by atoms with Crippen molar-refractivity contribution in [1.29, 1.82) is 0 Å². The van der Waals surface area contributed by atoms with Crippen LogP contribution in [0.2, 0.25) is 0 Å². The summed E-state index contributed by atoms with van der Waals surface area (Å²) in [5.74, 6) is 0.918. The zero-order valence-electron chi connectivity index (χ0n) is 15.4. The van der Waals surface area contributed by atoms with Gasteiger partial charge in [0, 0.05) is 23.9 Å². The number of rotatable bonds is 5. The van der Waals surface area contributed by atoms with Crippen LogP contribution in [-0.2, 0) is 16.8 Å². The van der Waals surface area contributed by atoms with E-state index < -0.39 is 0 Å². The number of benzene rings is 1. The number of nitrogens with zero attached hydrogens (tertiary/aromatic N) is 2. The molecule has 26 heavy (non-hydrogen) atoms. The molecular weight excluding hydrogens is 322 g/mol. The summed E-state index contributed by atoms with van der Waals surface area (Å²) < 4.78 is 2.26. The number of aryl methyl sites for hydroxylation is 1. The van der Waals surface area contributed by atoms with Crippen molar-refractivity contribution in [2.75, 3.05) is 0 Å². The third-order valence-corrected chi connectivity index (χ3v) is 7.09. The average molecular weight is 349 g/mol. The van der Waals surface area contributed by atoms with E-state index in [9.17, 15) is 4.79 Å². The predicted molar refractivity (Wildman–Crippen MR) is 101 cm³/mol. The fraction of sp³-hybridized carbons (Fsp3) is 0.545. The van der Waals surface area contributed by atoms with Crippen LogP contribution in [0, 0.1) is 18.8 Å². The Bertz CT molecular complexity index is 833. The van der Waals surface area contributed by atoms with E-state index >= 15 is 0 Å². The smallest absolute Gasteiger partial charge is 0.224 e. The fourth-order valence-corrected chi connectivity index (χ4v) is 5.58. The highest BCUT2D eigenvalue weighted by Crippen LogP contribution is 2.64. The molecule has 0 spiro atoms. The highest BCUT2D eigenvalue weighted by atomic mass is 16.2. The molecule has 4 aliphatic rings. The van der Waals surface area contributed by atoms with Crippen molar-refractivity contribution in [1.82, 2.24) is 15.1 Å². The predicted octanol–water partition coefficient (Wildman–Crippen LogP) is 3.90. The van der Waals surface area contributed by atoms with Gasteiger partial charge in [0.1, 0.15) is 0 Å². The van der Waals surface area contributed by atoms with E-state index in [-0.39, 0.29) is 17.2 Å². The average Bonchev–Trinajstić information content (AvgIpc) is 3.25. The lowest BCUT2D eigenvalue weighted by Crippen LogP contribution is -2.53. The lowest BCUT2D eigenvalue weighted by Gasteiger charge is -2.47. The molecule has 4 aliphatic carbocycles. The van der Waals surface area contributed by atoms with Crippen molar-refractivity contribution < 1.29 is 4.79 Å². The minimum atomic E-state index is 0.0352. The SMILES string of the molecule is Cc1cccc(CNC(=O)C2C3CCC2(c2ccnn2C2CCC2)C3)c1. The molecule has 1 aromatic heterocycles. The van der Waals surface area contributed by atoms with Gasteiger partial charge in [-0.2, -0.15) is 5.10 Å². The van der Waals surface area contributed by atoms with Crippen LogP contribution in [0.5, 0.6) is 0 Å². The van der Waals surface area contributed by atoms with Gasteiger partial charge >= 0.3 is 0 Å². The zero-order chi connectivity index (χ0) is 17.7. The molecule has 4 saturated carbocycles. The molecule has 1 N–H and O–H groups in total. The summed E-state index contributed by atoms with van der Waals surface area (Å²) in [4.78, 5) is 13.1. The second-order valence-electron chi connectivity index (χ2n) is 8.59. The Kier molecular flexibility index (Phi) is 3.70. The maximum atomic E-state index is 13.1. The summed E-state index contributed by atoms with van der Waals surface area (Å²) in [5, 5.41) is 7.86. The Morgan fingerprint density at radius 2 is 2.19 bits per heavy atom. The van der Waals surface area contributed by atoms with Gasteiger partial charge < -0.3 is 5.32 Å². The molecule has 0 saturated heterocycles. The normalized spacial score (nSPS) is 29.9. The maximum Gasteiger partial charge on any atom is 0.224 e. The van der Waals surface area contributed by atoms with Gasteiger partial charge in [0.05, 0.1) is 12.0 Å². The van der Waals surface area contributed by atoms with Gasteiger partial charge in [-0.15, -0.1) is 0 Å². The Hall–Kier alpha value is -2.10. The fourth-order valence-electron chi connectivity index (χ4n) is 5.58. The Morgan fingerprint density at radius 1 is 1.31 bits per heavy atom. The first-order valence-electron chi connectivity index (χ1n) is 10.0. The third-order valence-electron chi connectivity index (χ3n) is 7.09. The molecular formula is C22H27N3O. The van der Waals surface area contributed by atoms with Crippen molar-refractivity contribution in [3.8, 4) is 0 Å². The summed E-state index contributed by atoms with van der Waals surface area (Å²) in [5.41, 5.74) is 3.78. The van der Waals surface area contributed by atoms with Gasteiger partial charge in [0.15, 0.2) is 0 Å². The Labute approximate surface area is 155 Å². The van der Waals surface area contributed by atoms with Crippen LogP contribution < -0.4 is 5.32 Å². The standard InChI is InChI=1S/C22H27N3O/c1-15-4-2-5-16(12-15)14-23-21(26)20-17-8-10-22(20,13-17)19-9-11-24-25(19)18-6-3-7-18/h2,4-5,9,11-12,17-18,20H,3,6-8,10,13-14H2,1H3,(H,23,26). The van der Waals surface area contributed by atoms with Gasteiger partial charge in [-0.3, -0.25) is 9.48 Å². The molecule has 136 valence electrons. The van der Waals surface area contributed by atoms with Crippen LogP contribution in [-0.4, -0.2) is 15.7 Å². The minimum absolute atomic E-state index is 0.0352. The lowest BCUT2D eigenvalue weighted by atomic mass is 9.58. The van der Waals surface area contributed by atoms with Gasteiger partial charge in [0.2, 0.25) is 5.91 Å². The van der Waals surface area contributed by atoms with E-state index in [1.807, 2.05) is 6.20 Å². The Balaban J connectivity index is 1.34. The molecule has 3 unspecified atom stereocenters. The van der Waals surface area contributed by atoms with Crippen LogP contribution in [0.4, 0.5) is 0 Å². The number of carbonyl (C=O) groups excluding carboxylic acids is 1. The van der Waals surface area contributed by atoms with Crippen LogP contribution in [0.25, 0.3) is 0 Å². The quantitative estimate of drug-likeness (QED) is 0.890. The van der Waals surface area contributed by atoms with Crippen molar-refractivity contribution in [2.45, 2.75) is 63.5 Å². The molecule has 4 fully saturated rings. The molecule has 2 aromatic rings. The molecule has 1 heterocycles. The van der Waals surface area contributed by atoms with E-state index in [4.69, 9.17) is 0 Å². The monoisotopic (exact) mass is 349 g/mol. The third kappa shape index (κ3) is 2.34. The lowest BCUT2D eigenvalue weighted by molar-refractivity contribution is -0.133. The first kappa shape index (κ1) is 16.1. The van der Waals surface area contributed by atoms with Crippen molar-refractivity contribution in [3.63, 3.8) is 0 Å². The second kappa shape index (κ2) is 5.97. The second-order valence-corrected chi connectivity index (χ2v) is 8.59. The van der Waals surface area contributed by atoms with Crippen molar-refractivity contribution in [2.24, 2.45) is 11.8 Å². The topological polar surface area (TPSA) is 46.9 Å². The van der Waals surface area contributed by atoms with Gasteiger partial charge in [-0.25, -0.2) is 0 Å². The summed E-state index contributed by atoms with van der Waals surface area (Å²) in [6.07, 6.45) is 9.19. The van der Waals surface area contributed by atoms with Gasteiger partial charge in [-0.1, -0.05) is 29.8 Å². The van der Waals surface area contributed by atoms with Gasteiger partial charge in [-0.05, 0) is 63.0 Å². The zero-order valence-corrected chi connectivity index (χ0v) is 15.4. The molecule has 4 nitrogen and oxygen atoms in total. The first-order valence-corrected chi connectivity index (χ1v) is 10.0. The van der Waals surface area contributed by atoms with E-state index in [2.05, 4.69) is 52.4 Å². The number of amides is 1. The summed E-state index contributed by atoms with van der Waals surface area (Å²) in [6.45, 7) is 2.72. The summed E-state index contributed by atoms with van der Waals surface area (Å²) in [6, 6.07) is 11.1. The van der Waals surface area contributed by atoms with Crippen LogP contribution in [0.1, 0.15) is 61.4 Å². The van der Waals surface area contributed by atoms with Crippen molar-refractivity contribution in [3.05, 3.63) is 53.3 Å². The Morgan fingerprint density at radius 3 is 2.92 bits per heavy atom. The molecule has 0 aliphatic heterocycles. The number of hydrogen-bond acceptors (Lipinski definition) is 2. The number of hydrogen-bond donors (Lipinski definition) is 1. The van der Waals surface area contributed by atoms with Crippen molar-refractivity contribution >= 4 is 5.91 Å². The largest absolute Gasteiger partial charge is 0.352 e. The molecule has 3 atom stereocenters. The molecule has 1 amide bonds.